The first kappa shape index (κ1) is 22.2. The topological polar surface area (TPSA) is 116 Å². The predicted molar refractivity (Wildman–Crippen MR) is 120 cm³/mol. The van der Waals surface area contributed by atoms with E-state index in [0.29, 0.717) is 16.3 Å². The number of halogens is 1. The molecule has 3 aromatic carbocycles. The second-order valence-electron chi connectivity index (χ2n) is 6.37. The summed E-state index contributed by atoms with van der Waals surface area (Å²) >= 11 is 7.17. The molecule has 7 nitrogen and oxygen atoms in total. The van der Waals surface area contributed by atoms with E-state index in [-0.39, 0.29) is 34.6 Å². The first-order valence-corrected chi connectivity index (χ1v) is 10.3. The fraction of sp³-hybridized carbons (Fsp3) is 0.0455. The van der Waals surface area contributed by atoms with Crippen LogP contribution in [0.5, 0.6) is 5.75 Å². The van der Waals surface area contributed by atoms with Gasteiger partial charge in [-0.15, -0.1) is 11.8 Å². The Hall–Kier alpha value is -3.49. The number of phenols is 1. The lowest BCUT2D eigenvalue weighted by Gasteiger charge is -2.09. The van der Waals surface area contributed by atoms with Gasteiger partial charge in [0, 0.05) is 26.9 Å². The maximum Gasteiger partial charge on any atom is 0.339 e. The molecule has 158 valence electrons. The maximum atomic E-state index is 12.3. The van der Waals surface area contributed by atoms with Crippen molar-refractivity contribution in [1.29, 1.82) is 0 Å². The molecule has 31 heavy (non-hydrogen) atoms. The third kappa shape index (κ3) is 6.24. The summed E-state index contributed by atoms with van der Waals surface area (Å²) in [7, 11) is 0. The summed E-state index contributed by atoms with van der Waals surface area (Å²) < 4.78 is 0. The number of nitrogens with one attached hydrogen (secondary N) is 2. The summed E-state index contributed by atoms with van der Waals surface area (Å²) in [6.07, 6.45) is 0. The van der Waals surface area contributed by atoms with Crippen molar-refractivity contribution in [2.75, 3.05) is 16.4 Å². The number of carboxylic acid groups (broad SMARTS) is 1. The molecular formula is C22H17ClN2O5S. The number of carbonyl (C=O) groups excluding carboxylic acids is 2. The van der Waals surface area contributed by atoms with Crippen LogP contribution in [0.25, 0.3) is 0 Å². The molecule has 9 heteroatoms. The van der Waals surface area contributed by atoms with Crippen LogP contribution in [0.4, 0.5) is 11.4 Å². The molecule has 0 unspecified atom stereocenters. The number of benzene rings is 3. The Morgan fingerprint density at radius 3 is 2.39 bits per heavy atom. The average molecular weight is 457 g/mol. The number of carboxylic acids is 1. The molecule has 0 radical (unpaired) electrons. The molecule has 0 saturated carbocycles. The van der Waals surface area contributed by atoms with Crippen LogP contribution in [0.1, 0.15) is 20.7 Å². The van der Waals surface area contributed by atoms with E-state index in [0.717, 1.165) is 4.90 Å². The molecular weight excluding hydrogens is 440 g/mol. The number of rotatable bonds is 7. The second kappa shape index (κ2) is 10.0. The number of thioether (sulfide) groups is 1. The van der Waals surface area contributed by atoms with Crippen LogP contribution >= 0.6 is 23.4 Å². The van der Waals surface area contributed by atoms with Crippen LogP contribution in [-0.2, 0) is 4.79 Å². The zero-order chi connectivity index (χ0) is 22.4. The number of aromatic carboxylic acids is 1. The molecule has 2 amide bonds. The highest BCUT2D eigenvalue weighted by atomic mass is 35.5. The molecule has 3 aromatic rings. The van der Waals surface area contributed by atoms with Crippen LogP contribution < -0.4 is 10.6 Å². The van der Waals surface area contributed by atoms with Crippen LogP contribution in [0.2, 0.25) is 5.02 Å². The number of anilines is 2. The maximum absolute atomic E-state index is 12.3. The van der Waals surface area contributed by atoms with Gasteiger partial charge >= 0.3 is 5.97 Å². The first-order valence-electron chi connectivity index (χ1n) is 8.98. The Bertz CT molecular complexity index is 1150. The van der Waals surface area contributed by atoms with E-state index in [2.05, 4.69) is 10.6 Å². The highest BCUT2D eigenvalue weighted by Gasteiger charge is 2.12. The quantitative estimate of drug-likeness (QED) is 0.302. The summed E-state index contributed by atoms with van der Waals surface area (Å²) in [5.74, 6) is -2.25. The minimum atomic E-state index is -1.29. The molecule has 0 saturated heterocycles. The van der Waals surface area contributed by atoms with Crippen molar-refractivity contribution >= 4 is 52.5 Å². The number of aromatic hydroxyl groups is 1. The van der Waals surface area contributed by atoms with Crippen molar-refractivity contribution in [3.8, 4) is 5.75 Å². The van der Waals surface area contributed by atoms with Gasteiger partial charge in [0.2, 0.25) is 5.91 Å². The Morgan fingerprint density at radius 1 is 0.903 bits per heavy atom. The highest BCUT2D eigenvalue weighted by Crippen LogP contribution is 2.24. The smallest absolute Gasteiger partial charge is 0.339 e. The minimum absolute atomic E-state index is 0.0645. The van der Waals surface area contributed by atoms with E-state index in [1.807, 2.05) is 0 Å². The fourth-order valence-corrected chi connectivity index (χ4v) is 3.57. The lowest BCUT2D eigenvalue weighted by atomic mass is 10.2. The van der Waals surface area contributed by atoms with E-state index in [9.17, 15) is 19.5 Å². The summed E-state index contributed by atoms with van der Waals surface area (Å²) in [4.78, 5) is 36.4. The molecule has 0 bridgehead atoms. The summed E-state index contributed by atoms with van der Waals surface area (Å²) in [6.45, 7) is 0. The molecule has 0 aliphatic carbocycles. The van der Waals surface area contributed by atoms with Crippen molar-refractivity contribution in [1.82, 2.24) is 0 Å². The number of hydrogen-bond acceptors (Lipinski definition) is 5. The van der Waals surface area contributed by atoms with Gasteiger partial charge in [-0.1, -0.05) is 23.7 Å². The van der Waals surface area contributed by atoms with Crippen molar-refractivity contribution in [2.24, 2.45) is 0 Å². The van der Waals surface area contributed by atoms with E-state index in [4.69, 9.17) is 16.7 Å². The largest absolute Gasteiger partial charge is 0.507 e. The monoisotopic (exact) mass is 456 g/mol. The Labute approximate surface area is 187 Å². The van der Waals surface area contributed by atoms with Gasteiger partial charge in [-0.25, -0.2) is 4.79 Å². The van der Waals surface area contributed by atoms with Crippen molar-refractivity contribution in [3.05, 3.63) is 82.9 Å². The lowest BCUT2D eigenvalue weighted by Crippen LogP contribution is -2.14. The van der Waals surface area contributed by atoms with Gasteiger partial charge < -0.3 is 20.8 Å². The third-order valence-electron chi connectivity index (χ3n) is 4.06. The fourth-order valence-electron chi connectivity index (χ4n) is 2.63. The lowest BCUT2D eigenvalue weighted by molar-refractivity contribution is -0.113. The van der Waals surface area contributed by atoms with Crippen LogP contribution in [0.3, 0.4) is 0 Å². The zero-order valence-electron chi connectivity index (χ0n) is 16.0. The van der Waals surface area contributed by atoms with Gasteiger partial charge in [0.05, 0.1) is 5.75 Å². The third-order valence-corrected chi connectivity index (χ3v) is 5.29. The van der Waals surface area contributed by atoms with Gasteiger partial charge in [0.25, 0.3) is 5.91 Å². The molecule has 0 aliphatic rings. The van der Waals surface area contributed by atoms with Crippen LogP contribution in [0.15, 0.2) is 71.6 Å². The second-order valence-corrected chi connectivity index (χ2v) is 7.85. The SMILES string of the molecule is O=C(CSc1cccc(NC(=O)c2cccc(Cl)c2)c1)Nc1ccc(O)c(C(=O)O)c1. The molecule has 4 N–H and O–H groups in total. The molecule has 0 atom stereocenters. The summed E-state index contributed by atoms with van der Waals surface area (Å²) in [5.41, 5.74) is 0.969. The Kier molecular flexibility index (Phi) is 7.17. The van der Waals surface area contributed by atoms with E-state index in [1.54, 1.807) is 48.5 Å². The first-order chi connectivity index (χ1) is 14.8. The van der Waals surface area contributed by atoms with Gasteiger partial charge in [-0.2, -0.15) is 0 Å². The summed E-state index contributed by atoms with van der Waals surface area (Å²) in [6, 6.07) is 17.4. The van der Waals surface area contributed by atoms with Gasteiger partial charge in [-0.05, 0) is 54.6 Å². The zero-order valence-corrected chi connectivity index (χ0v) is 17.5. The van der Waals surface area contributed by atoms with E-state index in [1.165, 1.54) is 30.0 Å². The number of amides is 2. The van der Waals surface area contributed by atoms with Crippen molar-refractivity contribution in [3.63, 3.8) is 0 Å². The molecule has 0 aliphatic heterocycles. The number of hydrogen-bond donors (Lipinski definition) is 4. The van der Waals surface area contributed by atoms with Gasteiger partial charge in [0.15, 0.2) is 0 Å². The minimum Gasteiger partial charge on any atom is -0.507 e. The van der Waals surface area contributed by atoms with E-state index >= 15 is 0 Å². The Balaban J connectivity index is 1.58. The van der Waals surface area contributed by atoms with Crippen LogP contribution in [-0.4, -0.2) is 33.7 Å². The van der Waals surface area contributed by atoms with Crippen molar-refractivity contribution in [2.45, 2.75) is 4.90 Å². The predicted octanol–water partition coefficient (Wildman–Crippen LogP) is 4.73. The van der Waals surface area contributed by atoms with Crippen molar-refractivity contribution < 1.29 is 24.6 Å². The molecule has 3 rings (SSSR count). The standard InChI is InChI=1S/C22H17ClN2O5S/c23-14-4-1-3-13(9-14)21(28)25-15-5-2-6-17(10-15)31-12-20(27)24-16-7-8-19(26)18(11-16)22(29)30/h1-11,26H,12H2,(H,24,27)(H,25,28)(H,29,30). The molecule has 0 heterocycles. The average Bonchev–Trinajstić information content (AvgIpc) is 2.74. The van der Waals surface area contributed by atoms with Crippen LogP contribution in [0, 0.1) is 0 Å². The van der Waals surface area contributed by atoms with Gasteiger partial charge in [-0.3, -0.25) is 9.59 Å². The molecule has 0 fully saturated rings. The normalized spacial score (nSPS) is 10.4. The summed E-state index contributed by atoms with van der Waals surface area (Å²) in [5, 5.41) is 24.4. The number of carbonyl (C=O) groups is 3. The highest BCUT2D eigenvalue weighted by molar-refractivity contribution is 8.00. The molecule has 0 aromatic heterocycles. The Morgan fingerprint density at radius 2 is 1.65 bits per heavy atom. The molecule has 0 spiro atoms. The van der Waals surface area contributed by atoms with Gasteiger partial charge in [0.1, 0.15) is 11.3 Å². The van der Waals surface area contributed by atoms with E-state index < -0.39 is 5.97 Å².